The summed E-state index contributed by atoms with van der Waals surface area (Å²) in [6, 6.07) is 13.0. The summed E-state index contributed by atoms with van der Waals surface area (Å²) in [6.45, 7) is 2.38. The van der Waals surface area contributed by atoms with Gasteiger partial charge in [0.05, 0.1) is 13.5 Å². The van der Waals surface area contributed by atoms with Crippen molar-refractivity contribution in [3.05, 3.63) is 53.6 Å². The monoisotopic (exact) mass is 377 g/mol. The second-order valence-electron chi connectivity index (χ2n) is 5.82. The number of hydrogen-bond donors (Lipinski definition) is 1. The van der Waals surface area contributed by atoms with Crippen LogP contribution in [-0.4, -0.2) is 26.2 Å². The van der Waals surface area contributed by atoms with Gasteiger partial charge in [-0.1, -0.05) is 36.1 Å². The third kappa shape index (κ3) is 6.30. The number of para-hydroxylation sites is 1. The number of carbonyl (C=O) groups excluding carboxylic acids is 1. The highest BCUT2D eigenvalue weighted by atomic mass is 16.5. The second-order valence-corrected chi connectivity index (χ2v) is 5.82. The van der Waals surface area contributed by atoms with E-state index in [-0.39, 0.29) is 18.9 Å². The highest BCUT2D eigenvalue weighted by molar-refractivity contribution is 5.79. The number of rotatable bonds is 9. The van der Waals surface area contributed by atoms with E-state index in [1.165, 1.54) is 0 Å². The Hall–Kier alpha value is -3.57. The van der Waals surface area contributed by atoms with Gasteiger partial charge in [-0.25, -0.2) is 0 Å². The van der Waals surface area contributed by atoms with Crippen molar-refractivity contribution in [3.63, 3.8) is 0 Å². The molecule has 0 unspecified atom stereocenters. The van der Waals surface area contributed by atoms with Crippen molar-refractivity contribution < 1.29 is 19.0 Å². The molecule has 2 aromatic rings. The topological polar surface area (TPSA) is 56.8 Å². The Morgan fingerprint density at radius 1 is 1.14 bits per heavy atom. The minimum atomic E-state index is -0.0820. The van der Waals surface area contributed by atoms with Crippen molar-refractivity contribution >= 4 is 5.91 Å². The molecule has 0 aromatic heterocycles. The first kappa shape index (κ1) is 20.7. The fraction of sp³-hybridized carbons (Fsp3) is 0.261. The fourth-order valence-corrected chi connectivity index (χ4v) is 2.54. The van der Waals surface area contributed by atoms with Crippen LogP contribution in [0, 0.1) is 24.4 Å². The molecule has 0 atom stereocenters. The Kier molecular flexibility index (Phi) is 8.30. The van der Waals surface area contributed by atoms with E-state index in [4.69, 9.17) is 20.6 Å². The number of amides is 1. The maximum Gasteiger partial charge on any atom is 0.224 e. The van der Waals surface area contributed by atoms with Gasteiger partial charge in [0.2, 0.25) is 5.91 Å². The molecule has 0 aliphatic heterocycles. The standard InChI is InChI=1S/C23H23NO4/c1-4-14-27-20-9-7-6-8-19(20)17-23(25)24-13-12-18-10-11-21(28-15-5-2)22(16-18)26-3/h2,6-11,16H,12-13,15,17H2,1,3H3,(H,24,25). The van der Waals surface area contributed by atoms with Crippen LogP contribution in [0.25, 0.3) is 0 Å². The highest BCUT2D eigenvalue weighted by Crippen LogP contribution is 2.28. The van der Waals surface area contributed by atoms with Crippen molar-refractivity contribution in [2.75, 3.05) is 20.3 Å². The zero-order valence-electron chi connectivity index (χ0n) is 16.1. The van der Waals surface area contributed by atoms with Crippen LogP contribution in [0.4, 0.5) is 0 Å². The molecular formula is C23H23NO4. The van der Waals surface area contributed by atoms with Gasteiger partial charge in [-0.05, 0) is 30.2 Å². The second kappa shape index (κ2) is 11.2. The first-order valence-corrected chi connectivity index (χ1v) is 8.84. The summed E-state index contributed by atoms with van der Waals surface area (Å²) in [4.78, 5) is 12.3. The van der Waals surface area contributed by atoms with Gasteiger partial charge in [-0.2, -0.15) is 0 Å². The molecule has 0 heterocycles. The van der Waals surface area contributed by atoms with Gasteiger partial charge < -0.3 is 19.5 Å². The Morgan fingerprint density at radius 3 is 2.71 bits per heavy atom. The number of carbonyl (C=O) groups is 1. The average molecular weight is 377 g/mol. The number of terminal acetylenes is 1. The molecule has 5 nitrogen and oxygen atoms in total. The molecule has 5 heteroatoms. The summed E-state index contributed by atoms with van der Waals surface area (Å²) in [7, 11) is 1.58. The van der Waals surface area contributed by atoms with Gasteiger partial charge in [0.1, 0.15) is 18.5 Å². The average Bonchev–Trinajstić information content (AvgIpc) is 2.72. The zero-order valence-corrected chi connectivity index (χ0v) is 16.1. The maximum atomic E-state index is 12.3. The van der Waals surface area contributed by atoms with Crippen molar-refractivity contribution in [2.45, 2.75) is 19.8 Å². The minimum absolute atomic E-state index is 0.0820. The van der Waals surface area contributed by atoms with E-state index in [9.17, 15) is 4.79 Å². The van der Waals surface area contributed by atoms with E-state index >= 15 is 0 Å². The Morgan fingerprint density at radius 2 is 1.96 bits per heavy atom. The van der Waals surface area contributed by atoms with Crippen molar-refractivity contribution in [1.82, 2.24) is 5.32 Å². The van der Waals surface area contributed by atoms with E-state index in [0.717, 1.165) is 11.1 Å². The smallest absolute Gasteiger partial charge is 0.224 e. The lowest BCUT2D eigenvalue weighted by molar-refractivity contribution is -0.120. The number of benzene rings is 2. The predicted molar refractivity (Wildman–Crippen MR) is 108 cm³/mol. The largest absolute Gasteiger partial charge is 0.493 e. The van der Waals surface area contributed by atoms with Crippen LogP contribution in [0.1, 0.15) is 18.1 Å². The molecule has 0 saturated heterocycles. The third-order valence-corrected chi connectivity index (χ3v) is 3.86. The summed E-state index contributed by atoms with van der Waals surface area (Å²) in [5, 5.41) is 2.92. The van der Waals surface area contributed by atoms with Gasteiger partial charge in [-0.15, -0.1) is 6.42 Å². The highest BCUT2D eigenvalue weighted by Gasteiger charge is 2.09. The molecule has 0 aliphatic carbocycles. The lowest BCUT2D eigenvalue weighted by Gasteiger charge is -2.11. The van der Waals surface area contributed by atoms with Gasteiger partial charge in [0.15, 0.2) is 11.5 Å². The molecule has 0 bridgehead atoms. The summed E-state index contributed by atoms with van der Waals surface area (Å²) in [5.74, 6) is 6.82. The molecular weight excluding hydrogens is 354 g/mol. The first-order chi connectivity index (χ1) is 13.7. The lowest BCUT2D eigenvalue weighted by atomic mass is 10.1. The minimum Gasteiger partial charge on any atom is -0.493 e. The van der Waals surface area contributed by atoms with E-state index in [1.54, 1.807) is 20.1 Å². The summed E-state index contributed by atoms with van der Waals surface area (Å²) < 4.78 is 16.1. The van der Waals surface area contributed by atoms with E-state index in [2.05, 4.69) is 23.3 Å². The first-order valence-electron chi connectivity index (χ1n) is 8.84. The van der Waals surface area contributed by atoms with Crippen LogP contribution in [0.5, 0.6) is 17.2 Å². The number of methoxy groups -OCH3 is 1. The fourth-order valence-electron chi connectivity index (χ4n) is 2.54. The van der Waals surface area contributed by atoms with Crippen LogP contribution in [-0.2, 0) is 17.6 Å². The van der Waals surface area contributed by atoms with Crippen LogP contribution < -0.4 is 19.5 Å². The van der Waals surface area contributed by atoms with Crippen LogP contribution >= 0.6 is 0 Å². The summed E-state index contributed by atoms with van der Waals surface area (Å²) >= 11 is 0. The summed E-state index contributed by atoms with van der Waals surface area (Å²) in [5.41, 5.74) is 1.81. The quantitative estimate of drug-likeness (QED) is 0.683. The molecule has 0 radical (unpaired) electrons. The normalized spacial score (nSPS) is 9.46. The van der Waals surface area contributed by atoms with Crippen molar-refractivity contribution in [3.8, 4) is 41.6 Å². The van der Waals surface area contributed by atoms with Crippen LogP contribution in [0.15, 0.2) is 42.5 Å². The molecule has 2 aromatic carbocycles. The van der Waals surface area contributed by atoms with Gasteiger partial charge in [0.25, 0.3) is 0 Å². The van der Waals surface area contributed by atoms with Gasteiger partial charge in [0, 0.05) is 19.0 Å². The number of nitrogens with one attached hydrogen (secondary N) is 1. The van der Waals surface area contributed by atoms with Crippen LogP contribution in [0.2, 0.25) is 0 Å². The molecule has 28 heavy (non-hydrogen) atoms. The van der Waals surface area contributed by atoms with Crippen molar-refractivity contribution in [2.24, 2.45) is 0 Å². The molecule has 0 fully saturated rings. The number of hydrogen-bond acceptors (Lipinski definition) is 4. The number of ether oxygens (including phenoxy) is 3. The molecule has 0 aliphatic rings. The maximum absolute atomic E-state index is 12.3. The van der Waals surface area contributed by atoms with Gasteiger partial charge >= 0.3 is 0 Å². The molecule has 0 spiro atoms. The van der Waals surface area contributed by atoms with Crippen molar-refractivity contribution in [1.29, 1.82) is 0 Å². The molecule has 0 saturated carbocycles. The lowest BCUT2D eigenvalue weighted by Crippen LogP contribution is -2.27. The van der Waals surface area contributed by atoms with E-state index < -0.39 is 0 Å². The molecule has 1 N–H and O–H groups in total. The summed E-state index contributed by atoms with van der Waals surface area (Å²) in [6.07, 6.45) is 8.66. The van der Waals surface area contributed by atoms with E-state index in [1.807, 2.05) is 36.4 Å². The molecule has 2 rings (SSSR count). The third-order valence-electron chi connectivity index (χ3n) is 3.86. The zero-order chi connectivity index (χ0) is 20.2. The molecule has 144 valence electrons. The Balaban J connectivity index is 1.89. The van der Waals surface area contributed by atoms with Gasteiger partial charge in [-0.3, -0.25) is 4.79 Å². The van der Waals surface area contributed by atoms with Crippen LogP contribution in [0.3, 0.4) is 0 Å². The predicted octanol–water partition coefficient (Wildman–Crippen LogP) is 2.97. The Labute approximate surface area is 166 Å². The molecule has 1 amide bonds. The SMILES string of the molecule is C#CCOc1ccc(CCNC(=O)Cc2ccccc2OC#CC)cc1OC. The van der Waals surface area contributed by atoms with E-state index in [0.29, 0.717) is 30.2 Å². The Bertz CT molecular complexity index is 903.